The van der Waals surface area contributed by atoms with Crippen molar-refractivity contribution in [1.82, 2.24) is 5.32 Å². The van der Waals surface area contributed by atoms with Gasteiger partial charge in [0.15, 0.2) is 0 Å². The number of carbonyl (C=O) groups is 1. The molecule has 0 saturated carbocycles. The Hall–Kier alpha value is -0.870. The van der Waals surface area contributed by atoms with Gasteiger partial charge in [-0.2, -0.15) is 0 Å². The summed E-state index contributed by atoms with van der Waals surface area (Å²) in [6.45, 7) is 6.57. The molecule has 100 valence electrons. The normalized spacial score (nSPS) is 14.5. The van der Waals surface area contributed by atoms with E-state index in [-0.39, 0.29) is 11.8 Å². The number of nitrogens with one attached hydrogen (secondary N) is 1. The number of hydrogen-bond donors (Lipinski definition) is 2. The summed E-state index contributed by atoms with van der Waals surface area (Å²) in [4.78, 5) is 11.1. The first-order valence-electron chi connectivity index (χ1n) is 6.13. The molecule has 1 rings (SSSR count). The molecule has 0 saturated heterocycles. The van der Waals surface area contributed by atoms with Crippen molar-refractivity contribution in [3.05, 3.63) is 34.3 Å². The molecule has 3 nitrogen and oxygen atoms in total. The van der Waals surface area contributed by atoms with Gasteiger partial charge in [-0.1, -0.05) is 48.8 Å². The van der Waals surface area contributed by atoms with Gasteiger partial charge in [-0.15, -0.1) is 0 Å². The van der Waals surface area contributed by atoms with E-state index < -0.39 is 12.0 Å². The van der Waals surface area contributed by atoms with E-state index in [4.69, 9.17) is 5.11 Å². The fraction of sp³-hybridized carbons (Fsp3) is 0.500. The van der Waals surface area contributed by atoms with Gasteiger partial charge >= 0.3 is 5.97 Å². The molecule has 0 radical (unpaired) electrons. The van der Waals surface area contributed by atoms with Crippen LogP contribution in [-0.4, -0.2) is 23.7 Å². The molecule has 18 heavy (non-hydrogen) atoms. The fourth-order valence-corrected chi connectivity index (χ4v) is 2.26. The molecule has 0 heterocycles. The van der Waals surface area contributed by atoms with Crippen molar-refractivity contribution in [3.63, 3.8) is 0 Å². The molecule has 0 aliphatic carbocycles. The van der Waals surface area contributed by atoms with Gasteiger partial charge in [0.1, 0.15) is 6.04 Å². The Morgan fingerprint density at radius 2 is 2.06 bits per heavy atom. The molecule has 0 spiro atoms. The van der Waals surface area contributed by atoms with Crippen LogP contribution in [0.4, 0.5) is 0 Å². The molecule has 0 aromatic heterocycles. The minimum Gasteiger partial charge on any atom is -0.480 e. The molecule has 0 fully saturated rings. The van der Waals surface area contributed by atoms with Crippen molar-refractivity contribution in [2.45, 2.75) is 32.7 Å². The van der Waals surface area contributed by atoms with Gasteiger partial charge in [-0.3, -0.25) is 4.79 Å². The van der Waals surface area contributed by atoms with Crippen LogP contribution in [0.2, 0.25) is 0 Å². The zero-order valence-corrected chi connectivity index (χ0v) is 12.6. The molecule has 1 aromatic rings. The maximum Gasteiger partial charge on any atom is 0.320 e. The van der Waals surface area contributed by atoms with E-state index >= 15 is 0 Å². The van der Waals surface area contributed by atoms with E-state index in [0.717, 1.165) is 4.47 Å². The Bertz CT molecular complexity index is 407. The minimum atomic E-state index is -0.786. The average Bonchev–Trinajstić information content (AvgIpc) is 2.28. The molecule has 2 atom stereocenters. The van der Waals surface area contributed by atoms with Gasteiger partial charge in [-0.05, 0) is 29.5 Å². The number of aliphatic carboxylic acids is 1. The standard InChI is InChI=1S/C14H20BrNO2/c1-9(2)13(14(17)18)16-8-10(3)11-5-4-6-12(15)7-11/h4-7,9-10,13,16H,8H2,1-3H3,(H,17,18)/t10?,13-/m0/s1. The second-order valence-electron chi connectivity index (χ2n) is 4.92. The predicted octanol–water partition coefficient (Wildman–Crippen LogP) is 3.25. The summed E-state index contributed by atoms with van der Waals surface area (Å²) < 4.78 is 1.05. The lowest BCUT2D eigenvalue weighted by Crippen LogP contribution is -2.42. The van der Waals surface area contributed by atoms with Crippen LogP contribution in [0.3, 0.4) is 0 Å². The number of hydrogen-bond acceptors (Lipinski definition) is 2. The Balaban J connectivity index is 2.60. The van der Waals surface area contributed by atoms with Crippen LogP contribution in [0, 0.1) is 5.92 Å². The topological polar surface area (TPSA) is 49.3 Å². The van der Waals surface area contributed by atoms with Crippen molar-refractivity contribution in [1.29, 1.82) is 0 Å². The smallest absolute Gasteiger partial charge is 0.320 e. The van der Waals surface area contributed by atoms with Crippen molar-refractivity contribution < 1.29 is 9.90 Å². The van der Waals surface area contributed by atoms with Gasteiger partial charge in [0.25, 0.3) is 0 Å². The molecule has 0 aliphatic rings. The summed E-state index contributed by atoms with van der Waals surface area (Å²) in [5.41, 5.74) is 1.20. The molecule has 4 heteroatoms. The van der Waals surface area contributed by atoms with Crippen LogP contribution in [0.5, 0.6) is 0 Å². The van der Waals surface area contributed by atoms with Crippen molar-refractivity contribution in [2.24, 2.45) is 5.92 Å². The fourth-order valence-electron chi connectivity index (χ4n) is 1.84. The molecule has 2 N–H and O–H groups in total. The van der Waals surface area contributed by atoms with Gasteiger partial charge in [-0.25, -0.2) is 0 Å². The Labute approximate surface area is 117 Å². The largest absolute Gasteiger partial charge is 0.480 e. The van der Waals surface area contributed by atoms with E-state index in [0.29, 0.717) is 6.54 Å². The summed E-state index contributed by atoms with van der Waals surface area (Å²) in [5.74, 6) is -0.424. The molecule has 0 bridgehead atoms. The van der Waals surface area contributed by atoms with E-state index in [1.807, 2.05) is 26.0 Å². The maximum absolute atomic E-state index is 11.1. The highest BCUT2D eigenvalue weighted by atomic mass is 79.9. The number of carboxylic acid groups (broad SMARTS) is 1. The number of rotatable bonds is 6. The molecule has 0 aliphatic heterocycles. The zero-order chi connectivity index (χ0) is 13.7. The van der Waals surface area contributed by atoms with E-state index in [9.17, 15) is 4.79 Å². The summed E-state index contributed by atoms with van der Waals surface area (Å²) in [7, 11) is 0. The van der Waals surface area contributed by atoms with Crippen LogP contribution in [-0.2, 0) is 4.79 Å². The summed E-state index contributed by atoms with van der Waals surface area (Å²) >= 11 is 3.44. The SMILES string of the molecule is CC(CN[C@H](C(=O)O)C(C)C)c1cccc(Br)c1. The average molecular weight is 314 g/mol. The lowest BCUT2D eigenvalue weighted by Gasteiger charge is -2.21. The third kappa shape index (κ3) is 4.42. The highest BCUT2D eigenvalue weighted by Crippen LogP contribution is 2.19. The Morgan fingerprint density at radius 1 is 1.39 bits per heavy atom. The first-order valence-corrected chi connectivity index (χ1v) is 6.92. The second kappa shape index (κ2) is 6.90. The second-order valence-corrected chi connectivity index (χ2v) is 5.84. The molecule has 0 amide bonds. The van der Waals surface area contributed by atoms with E-state index in [1.165, 1.54) is 5.56 Å². The number of benzene rings is 1. The molecule has 1 aromatic carbocycles. The third-order valence-electron chi connectivity index (χ3n) is 2.99. The zero-order valence-electron chi connectivity index (χ0n) is 11.0. The quantitative estimate of drug-likeness (QED) is 0.847. The van der Waals surface area contributed by atoms with Crippen molar-refractivity contribution >= 4 is 21.9 Å². The summed E-state index contributed by atoms with van der Waals surface area (Å²) in [6.07, 6.45) is 0. The first kappa shape index (κ1) is 15.2. The van der Waals surface area contributed by atoms with Crippen molar-refractivity contribution in [2.75, 3.05) is 6.54 Å². The van der Waals surface area contributed by atoms with Crippen LogP contribution in [0.25, 0.3) is 0 Å². The van der Waals surface area contributed by atoms with Crippen LogP contribution >= 0.6 is 15.9 Å². The van der Waals surface area contributed by atoms with E-state index in [2.05, 4.69) is 40.3 Å². The van der Waals surface area contributed by atoms with Gasteiger partial charge < -0.3 is 10.4 Å². The number of halogens is 1. The van der Waals surface area contributed by atoms with Crippen LogP contribution in [0.15, 0.2) is 28.7 Å². The monoisotopic (exact) mass is 313 g/mol. The predicted molar refractivity (Wildman–Crippen MR) is 76.8 cm³/mol. The van der Waals surface area contributed by atoms with Crippen molar-refractivity contribution in [3.8, 4) is 0 Å². The Kier molecular flexibility index (Phi) is 5.82. The van der Waals surface area contributed by atoms with Gasteiger partial charge in [0.05, 0.1) is 0 Å². The van der Waals surface area contributed by atoms with E-state index in [1.54, 1.807) is 0 Å². The summed E-state index contributed by atoms with van der Waals surface area (Å²) in [6, 6.07) is 7.62. The van der Waals surface area contributed by atoms with Gasteiger partial charge in [0.2, 0.25) is 0 Å². The molecular formula is C14H20BrNO2. The third-order valence-corrected chi connectivity index (χ3v) is 3.49. The Morgan fingerprint density at radius 3 is 2.56 bits per heavy atom. The molecule has 1 unspecified atom stereocenters. The first-order chi connectivity index (χ1) is 8.41. The number of carboxylic acids is 1. The highest BCUT2D eigenvalue weighted by molar-refractivity contribution is 9.10. The lowest BCUT2D eigenvalue weighted by molar-refractivity contribution is -0.140. The van der Waals surface area contributed by atoms with Crippen LogP contribution in [0.1, 0.15) is 32.3 Å². The maximum atomic E-state index is 11.1. The molecular weight excluding hydrogens is 294 g/mol. The minimum absolute atomic E-state index is 0.0807. The lowest BCUT2D eigenvalue weighted by atomic mass is 9.99. The highest BCUT2D eigenvalue weighted by Gasteiger charge is 2.21. The van der Waals surface area contributed by atoms with Gasteiger partial charge in [0, 0.05) is 11.0 Å². The summed E-state index contributed by atoms with van der Waals surface area (Å²) in [5, 5.41) is 12.2. The van der Waals surface area contributed by atoms with Crippen LogP contribution < -0.4 is 5.32 Å².